The van der Waals surface area contributed by atoms with E-state index in [0.717, 1.165) is 6.54 Å². The Labute approximate surface area is 137 Å². The maximum Gasteiger partial charge on any atom is 0.0486 e. The van der Waals surface area contributed by atoms with Crippen molar-refractivity contribution in [2.45, 2.75) is 53.1 Å². The molecule has 1 unspecified atom stereocenters. The van der Waals surface area contributed by atoms with Crippen molar-refractivity contribution >= 4 is 0 Å². The van der Waals surface area contributed by atoms with Crippen molar-refractivity contribution in [1.29, 1.82) is 0 Å². The Morgan fingerprint density at radius 2 is 1.68 bits per heavy atom. The van der Waals surface area contributed by atoms with Gasteiger partial charge in [0.25, 0.3) is 0 Å². The van der Waals surface area contributed by atoms with Crippen LogP contribution >= 0.6 is 0 Å². The second-order valence-corrected chi connectivity index (χ2v) is 8.76. The number of piperazine rings is 1. The summed E-state index contributed by atoms with van der Waals surface area (Å²) in [6.45, 7) is 19.9. The van der Waals surface area contributed by atoms with Crippen molar-refractivity contribution < 1.29 is 5.11 Å². The van der Waals surface area contributed by atoms with E-state index in [0.29, 0.717) is 30.0 Å². The number of hydrogen-bond donors (Lipinski definition) is 1. The van der Waals surface area contributed by atoms with Crippen molar-refractivity contribution in [3.63, 3.8) is 0 Å². The van der Waals surface area contributed by atoms with Gasteiger partial charge in [0, 0.05) is 63.9 Å². The molecule has 2 saturated heterocycles. The summed E-state index contributed by atoms with van der Waals surface area (Å²) >= 11 is 0. The fourth-order valence-electron chi connectivity index (χ4n) is 4.10. The van der Waals surface area contributed by atoms with E-state index in [1.54, 1.807) is 0 Å². The zero-order valence-electron chi connectivity index (χ0n) is 15.4. The van der Waals surface area contributed by atoms with Gasteiger partial charge in [0.2, 0.25) is 0 Å². The molecule has 0 spiro atoms. The van der Waals surface area contributed by atoms with Gasteiger partial charge in [0.15, 0.2) is 0 Å². The first-order chi connectivity index (χ1) is 10.3. The van der Waals surface area contributed by atoms with Crippen LogP contribution in [0.1, 0.15) is 41.0 Å². The second-order valence-electron chi connectivity index (χ2n) is 8.76. The first-order valence-corrected chi connectivity index (χ1v) is 9.11. The van der Waals surface area contributed by atoms with E-state index in [1.807, 2.05) is 0 Å². The Hall–Kier alpha value is -0.160. The lowest BCUT2D eigenvalue weighted by Gasteiger charge is -2.47. The van der Waals surface area contributed by atoms with Crippen LogP contribution < -0.4 is 0 Å². The van der Waals surface area contributed by atoms with Crippen LogP contribution in [0, 0.1) is 11.3 Å². The number of nitrogens with zero attached hydrogens (tertiary/aromatic N) is 3. The maximum absolute atomic E-state index is 9.83. The fourth-order valence-corrected chi connectivity index (χ4v) is 4.10. The largest absolute Gasteiger partial charge is 0.396 e. The molecule has 0 aromatic rings. The molecule has 0 saturated carbocycles. The molecular weight excluding hydrogens is 274 g/mol. The molecule has 4 nitrogen and oxygen atoms in total. The normalized spacial score (nSPS) is 30.1. The standard InChI is InChI=1S/C18H37N3O/c1-15(2)21-7-6-17(16(12-21)13-22)20-10-8-19(9-11-20)14-18(3,4)5/h15-17,22H,6-14H2,1-5H3/t16-,17?/m1/s1. The summed E-state index contributed by atoms with van der Waals surface area (Å²) in [5.41, 5.74) is 0.387. The van der Waals surface area contributed by atoms with Gasteiger partial charge < -0.3 is 14.9 Å². The Morgan fingerprint density at radius 3 is 2.18 bits per heavy atom. The summed E-state index contributed by atoms with van der Waals surface area (Å²) in [4.78, 5) is 7.78. The van der Waals surface area contributed by atoms with Crippen molar-refractivity contribution in [3.05, 3.63) is 0 Å². The number of rotatable bonds is 4. The minimum absolute atomic E-state index is 0.329. The van der Waals surface area contributed by atoms with E-state index >= 15 is 0 Å². The highest BCUT2D eigenvalue weighted by Crippen LogP contribution is 2.25. The molecule has 2 rings (SSSR count). The molecule has 1 N–H and O–H groups in total. The monoisotopic (exact) mass is 311 g/mol. The molecule has 0 radical (unpaired) electrons. The lowest BCUT2D eigenvalue weighted by molar-refractivity contribution is -0.00810. The smallest absolute Gasteiger partial charge is 0.0486 e. The summed E-state index contributed by atoms with van der Waals surface area (Å²) in [7, 11) is 0. The Bertz CT molecular complexity index is 332. The molecule has 2 fully saturated rings. The number of hydrogen-bond acceptors (Lipinski definition) is 4. The molecule has 2 atom stereocenters. The predicted molar refractivity (Wildman–Crippen MR) is 93.2 cm³/mol. The molecule has 0 aromatic heterocycles. The SMILES string of the molecule is CC(C)N1CCC(N2CCN(CC(C)(C)C)CC2)[C@@H](CO)C1. The van der Waals surface area contributed by atoms with Gasteiger partial charge >= 0.3 is 0 Å². The van der Waals surface area contributed by atoms with Gasteiger partial charge in [-0.1, -0.05) is 20.8 Å². The first kappa shape index (κ1) is 18.2. The van der Waals surface area contributed by atoms with Crippen LogP contribution in [0.15, 0.2) is 0 Å². The van der Waals surface area contributed by atoms with E-state index < -0.39 is 0 Å². The molecule has 2 aliphatic heterocycles. The van der Waals surface area contributed by atoms with E-state index in [4.69, 9.17) is 0 Å². The maximum atomic E-state index is 9.83. The molecule has 130 valence electrons. The third-order valence-corrected chi connectivity index (χ3v) is 5.26. The molecule has 22 heavy (non-hydrogen) atoms. The summed E-state index contributed by atoms with van der Waals surface area (Å²) in [5, 5.41) is 9.83. The highest BCUT2D eigenvalue weighted by molar-refractivity contribution is 4.90. The molecule has 0 aromatic carbocycles. The van der Waals surface area contributed by atoms with Gasteiger partial charge in [0.1, 0.15) is 0 Å². The molecule has 4 heteroatoms. The summed E-state index contributed by atoms with van der Waals surface area (Å²) in [6.07, 6.45) is 1.21. The number of aliphatic hydroxyl groups is 1. The average molecular weight is 312 g/mol. The van der Waals surface area contributed by atoms with E-state index in [9.17, 15) is 5.11 Å². The Kier molecular flexibility index (Phi) is 6.29. The lowest BCUT2D eigenvalue weighted by atomic mass is 9.90. The molecule has 0 aliphatic carbocycles. The second kappa shape index (κ2) is 7.61. The van der Waals surface area contributed by atoms with Crippen LogP contribution in [0.2, 0.25) is 0 Å². The zero-order valence-corrected chi connectivity index (χ0v) is 15.4. The topological polar surface area (TPSA) is 30.0 Å². The molecule has 0 amide bonds. The Morgan fingerprint density at radius 1 is 1.05 bits per heavy atom. The number of aliphatic hydroxyl groups excluding tert-OH is 1. The summed E-state index contributed by atoms with van der Waals surface area (Å²) in [6, 6.07) is 1.18. The fraction of sp³-hybridized carbons (Fsp3) is 1.00. The third-order valence-electron chi connectivity index (χ3n) is 5.26. The molecule has 0 bridgehead atoms. The number of piperidine rings is 1. The van der Waals surface area contributed by atoms with Crippen LogP contribution in [-0.4, -0.2) is 84.3 Å². The highest BCUT2D eigenvalue weighted by Gasteiger charge is 2.35. The predicted octanol–water partition coefficient (Wildman–Crippen LogP) is 1.74. The van der Waals surface area contributed by atoms with Gasteiger partial charge in [-0.3, -0.25) is 4.90 Å². The molecule has 2 aliphatic rings. The third kappa shape index (κ3) is 4.92. The zero-order chi connectivity index (χ0) is 16.3. The van der Waals surface area contributed by atoms with Crippen molar-refractivity contribution in [2.75, 3.05) is 52.4 Å². The number of likely N-dealkylation sites (tertiary alicyclic amines) is 1. The summed E-state index contributed by atoms with van der Waals surface area (Å²) in [5.74, 6) is 0.422. The van der Waals surface area contributed by atoms with Gasteiger partial charge in [-0.2, -0.15) is 0 Å². The van der Waals surface area contributed by atoms with Crippen LogP contribution in [0.25, 0.3) is 0 Å². The average Bonchev–Trinajstić information content (AvgIpc) is 2.45. The summed E-state index contributed by atoms with van der Waals surface area (Å²) < 4.78 is 0. The van der Waals surface area contributed by atoms with Gasteiger partial charge in [-0.25, -0.2) is 0 Å². The Balaban J connectivity index is 1.85. The van der Waals surface area contributed by atoms with E-state index in [-0.39, 0.29) is 0 Å². The van der Waals surface area contributed by atoms with E-state index in [2.05, 4.69) is 49.3 Å². The first-order valence-electron chi connectivity index (χ1n) is 9.11. The molecule has 2 heterocycles. The van der Waals surface area contributed by atoms with Gasteiger partial charge in [-0.05, 0) is 32.2 Å². The van der Waals surface area contributed by atoms with Crippen LogP contribution in [0.4, 0.5) is 0 Å². The van der Waals surface area contributed by atoms with Gasteiger partial charge in [0.05, 0.1) is 0 Å². The van der Waals surface area contributed by atoms with Crippen LogP contribution in [-0.2, 0) is 0 Å². The molecular formula is C18H37N3O. The van der Waals surface area contributed by atoms with Gasteiger partial charge in [-0.15, -0.1) is 0 Å². The van der Waals surface area contributed by atoms with Crippen molar-refractivity contribution in [3.8, 4) is 0 Å². The van der Waals surface area contributed by atoms with Crippen LogP contribution in [0.3, 0.4) is 0 Å². The highest BCUT2D eigenvalue weighted by atomic mass is 16.3. The van der Waals surface area contributed by atoms with E-state index in [1.165, 1.54) is 45.7 Å². The van der Waals surface area contributed by atoms with Crippen molar-refractivity contribution in [2.24, 2.45) is 11.3 Å². The van der Waals surface area contributed by atoms with Crippen molar-refractivity contribution in [1.82, 2.24) is 14.7 Å². The van der Waals surface area contributed by atoms with Crippen LogP contribution in [0.5, 0.6) is 0 Å². The minimum Gasteiger partial charge on any atom is -0.396 e. The quantitative estimate of drug-likeness (QED) is 0.856. The minimum atomic E-state index is 0.329. The lowest BCUT2D eigenvalue weighted by Crippen LogP contribution is -2.58.